The van der Waals surface area contributed by atoms with Gasteiger partial charge in [-0.3, -0.25) is 9.69 Å². The summed E-state index contributed by atoms with van der Waals surface area (Å²) in [5.41, 5.74) is -0.606. The summed E-state index contributed by atoms with van der Waals surface area (Å²) < 4.78 is 0. The van der Waals surface area contributed by atoms with E-state index in [0.717, 1.165) is 39.0 Å². The summed E-state index contributed by atoms with van der Waals surface area (Å²) in [5.74, 6) is 0.157. The Morgan fingerprint density at radius 2 is 2.00 bits per heavy atom. The SMILES string of the molecule is CCC(C)(O)CN1CCCN(C(C)=O)CC1. The largest absolute Gasteiger partial charge is 0.389 e. The van der Waals surface area contributed by atoms with Crippen molar-refractivity contribution in [3.05, 3.63) is 0 Å². The molecule has 1 unspecified atom stereocenters. The molecule has 0 aromatic rings. The Labute approximate surface area is 98.2 Å². The van der Waals surface area contributed by atoms with E-state index in [1.807, 2.05) is 18.7 Å². The van der Waals surface area contributed by atoms with Crippen molar-refractivity contribution in [1.29, 1.82) is 0 Å². The minimum atomic E-state index is -0.606. The van der Waals surface area contributed by atoms with Crippen LogP contribution in [0, 0.1) is 0 Å². The van der Waals surface area contributed by atoms with Crippen LogP contribution in [-0.2, 0) is 4.79 Å². The summed E-state index contributed by atoms with van der Waals surface area (Å²) in [4.78, 5) is 15.4. The molecule has 1 amide bonds. The number of hydrogen-bond acceptors (Lipinski definition) is 3. The van der Waals surface area contributed by atoms with Gasteiger partial charge in [-0.15, -0.1) is 0 Å². The number of nitrogens with zero attached hydrogens (tertiary/aromatic N) is 2. The number of rotatable bonds is 3. The Hall–Kier alpha value is -0.610. The lowest BCUT2D eigenvalue weighted by atomic mass is 10.0. The average molecular weight is 228 g/mol. The van der Waals surface area contributed by atoms with E-state index in [-0.39, 0.29) is 5.91 Å². The smallest absolute Gasteiger partial charge is 0.219 e. The van der Waals surface area contributed by atoms with Gasteiger partial charge >= 0.3 is 0 Å². The van der Waals surface area contributed by atoms with Gasteiger partial charge in [0, 0.05) is 39.6 Å². The molecule has 4 heteroatoms. The highest BCUT2D eigenvalue weighted by molar-refractivity contribution is 5.73. The molecule has 1 N–H and O–H groups in total. The second kappa shape index (κ2) is 5.64. The first-order chi connectivity index (χ1) is 7.44. The van der Waals surface area contributed by atoms with E-state index in [4.69, 9.17) is 0 Å². The van der Waals surface area contributed by atoms with Gasteiger partial charge in [0.15, 0.2) is 0 Å². The monoisotopic (exact) mass is 228 g/mol. The van der Waals surface area contributed by atoms with Crippen LogP contribution in [-0.4, -0.2) is 59.1 Å². The first-order valence-electron chi connectivity index (χ1n) is 6.15. The predicted molar refractivity (Wildman–Crippen MR) is 64.2 cm³/mol. The van der Waals surface area contributed by atoms with Crippen LogP contribution >= 0.6 is 0 Å². The highest BCUT2D eigenvalue weighted by Gasteiger charge is 2.24. The fraction of sp³-hybridized carbons (Fsp3) is 0.917. The molecule has 1 atom stereocenters. The molecule has 1 rings (SSSR count). The van der Waals surface area contributed by atoms with E-state index in [0.29, 0.717) is 6.54 Å². The first kappa shape index (κ1) is 13.5. The van der Waals surface area contributed by atoms with Crippen molar-refractivity contribution >= 4 is 5.91 Å². The van der Waals surface area contributed by atoms with Gasteiger partial charge in [0.25, 0.3) is 0 Å². The molecule has 0 saturated carbocycles. The number of amides is 1. The molecule has 0 aromatic heterocycles. The Bertz CT molecular complexity index is 241. The third kappa shape index (κ3) is 4.10. The van der Waals surface area contributed by atoms with Crippen molar-refractivity contribution in [1.82, 2.24) is 9.80 Å². The Morgan fingerprint density at radius 1 is 1.31 bits per heavy atom. The first-order valence-corrected chi connectivity index (χ1v) is 6.15. The highest BCUT2D eigenvalue weighted by atomic mass is 16.3. The van der Waals surface area contributed by atoms with Gasteiger partial charge in [-0.2, -0.15) is 0 Å². The third-order valence-electron chi connectivity index (χ3n) is 3.36. The molecule has 1 fully saturated rings. The lowest BCUT2D eigenvalue weighted by Crippen LogP contribution is -2.42. The number of hydrogen-bond donors (Lipinski definition) is 1. The Morgan fingerprint density at radius 3 is 2.56 bits per heavy atom. The van der Waals surface area contributed by atoms with Crippen LogP contribution in [0.1, 0.15) is 33.6 Å². The summed E-state index contributed by atoms with van der Waals surface area (Å²) in [7, 11) is 0. The molecule has 1 saturated heterocycles. The van der Waals surface area contributed by atoms with Gasteiger partial charge in [-0.1, -0.05) is 6.92 Å². The van der Waals surface area contributed by atoms with Crippen LogP contribution in [0.25, 0.3) is 0 Å². The molecular formula is C12H24N2O2. The van der Waals surface area contributed by atoms with Crippen LogP contribution in [0.15, 0.2) is 0 Å². The number of aliphatic hydroxyl groups is 1. The zero-order chi connectivity index (χ0) is 12.2. The molecule has 1 aliphatic rings. The van der Waals surface area contributed by atoms with Crippen LogP contribution in [0.2, 0.25) is 0 Å². The van der Waals surface area contributed by atoms with Crippen LogP contribution < -0.4 is 0 Å². The quantitative estimate of drug-likeness (QED) is 0.773. The summed E-state index contributed by atoms with van der Waals surface area (Å²) in [6.07, 6.45) is 1.76. The highest BCUT2D eigenvalue weighted by Crippen LogP contribution is 2.13. The fourth-order valence-electron chi connectivity index (χ4n) is 2.04. The normalized spacial score (nSPS) is 22.6. The van der Waals surface area contributed by atoms with E-state index < -0.39 is 5.60 Å². The van der Waals surface area contributed by atoms with E-state index >= 15 is 0 Å². The topological polar surface area (TPSA) is 43.8 Å². The molecule has 94 valence electrons. The van der Waals surface area contributed by atoms with Crippen molar-refractivity contribution in [2.24, 2.45) is 0 Å². The van der Waals surface area contributed by atoms with Crippen LogP contribution in [0.4, 0.5) is 0 Å². The molecule has 0 aromatic carbocycles. The molecule has 16 heavy (non-hydrogen) atoms. The molecule has 0 aliphatic carbocycles. The molecule has 1 aliphatic heterocycles. The van der Waals surface area contributed by atoms with Crippen LogP contribution in [0.5, 0.6) is 0 Å². The van der Waals surface area contributed by atoms with Crippen molar-refractivity contribution in [3.8, 4) is 0 Å². The van der Waals surface area contributed by atoms with Crippen molar-refractivity contribution < 1.29 is 9.90 Å². The van der Waals surface area contributed by atoms with Gasteiger partial charge in [0.1, 0.15) is 0 Å². The summed E-state index contributed by atoms with van der Waals surface area (Å²) >= 11 is 0. The van der Waals surface area contributed by atoms with Crippen molar-refractivity contribution in [2.75, 3.05) is 32.7 Å². The van der Waals surface area contributed by atoms with E-state index in [9.17, 15) is 9.90 Å². The molecule has 4 nitrogen and oxygen atoms in total. The predicted octanol–water partition coefficient (Wildman–Crippen LogP) is 0.702. The summed E-state index contributed by atoms with van der Waals surface area (Å²) in [6, 6.07) is 0. The maximum atomic E-state index is 11.3. The standard InChI is InChI=1S/C12H24N2O2/c1-4-12(3,16)10-13-6-5-7-14(9-8-13)11(2)15/h16H,4-10H2,1-3H3. The van der Waals surface area contributed by atoms with Crippen LogP contribution in [0.3, 0.4) is 0 Å². The second-order valence-corrected chi connectivity index (χ2v) is 4.99. The third-order valence-corrected chi connectivity index (χ3v) is 3.36. The van der Waals surface area contributed by atoms with E-state index in [1.165, 1.54) is 0 Å². The Balaban J connectivity index is 2.44. The lowest BCUT2D eigenvalue weighted by Gasteiger charge is -2.29. The number of carbonyl (C=O) groups excluding carboxylic acids is 1. The number of carbonyl (C=O) groups is 1. The maximum Gasteiger partial charge on any atom is 0.219 e. The zero-order valence-corrected chi connectivity index (χ0v) is 10.7. The fourth-order valence-corrected chi connectivity index (χ4v) is 2.04. The van der Waals surface area contributed by atoms with Gasteiger partial charge in [-0.25, -0.2) is 0 Å². The molecule has 0 bridgehead atoms. The minimum Gasteiger partial charge on any atom is -0.389 e. The van der Waals surface area contributed by atoms with Crippen molar-refractivity contribution in [2.45, 2.75) is 39.2 Å². The van der Waals surface area contributed by atoms with E-state index in [1.54, 1.807) is 6.92 Å². The second-order valence-electron chi connectivity index (χ2n) is 4.99. The maximum absolute atomic E-state index is 11.3. The van der Waals surface area contributed by atoms with Gasteiger partial charge in [0.2, 0.25) is 5.91 Å². The van der Waals surface area contributed by atoms with Gasteiger partial charge in [-0.05, 0) is 19.8 Å². The lowest BCUT2D eigenvalue weighted by molar-refractivity contribution is -0.128. The minimum absolute atomic E-state index is 0.157. The number of β-amino-alcohol motifs (C(OH)–C–C–N with tert-alkyl or cyclic N) is 1. The molecular weight excluding hydrogens is 204 g/mol. The molecule has 1 heterocycles. The van der Waals surface area contributed by atoms with Crippen molar-refractivity contribution in [3.63, 3.8) is 0 Å². The summed E-state index contributed by atoms with van der Waals surface area (Å²) in [6.45, 7) is 9.68. The zero-order valence-electron chi connectivity index (χ0n) is 10.7. The Kier molecular flexibility index (Phi) is 4.74. The summed E-state index contributed by atoms with van der Waals surface area (Å²) in [5, 5.41) is 10.0. The average Bonchev–Trinajstić information content (AvgIpc) is 2.43. The molecule has 0 radical (unpaired) electrons. The van der Waals surface area contributed by atoms with E-state index in [2.05, 4.69) is 4.90 Å². The van der Waals surface area contributed by atoms with Gasteiger partial charge in [0.05, 0.1) is 5.60 Å². The molecule has 0 spiro atoms. The van der Waals surface area contributed by atoms with Gasteiger partial charge < -0.3 is 10.0 Å².